The Bertz CT molecular complexity index is 712. The SMILES string of the molecule is Nc1cc(F)cc(S(=O)(=O)CCOc2ccc(Br)cc2)c1. The van der Waals surface area contributed by atoms with Crippen LogP contribution in [0.3, 0.4) is 0 Å². The Hall–Kier alpha value is -1.60. The Morgan fingerprint density at radius 2 is 1.81 bits per heavy atom. The summed E-state index contributed by atoms with van der Waals surface area (Å²) in [7, 11) is -3.64. The van der Waals surface area contributed by atoms with Crippen LogP contribution in [-0.4, -0.2) is 20.8 Å². The topological polar surface area (TPSA) is 69.4 Å². The van der Waals surface area contributed by atoms with Crippen LogP contribution in [0.25, 0.3) is 0 Å². The molecule has 0 spiro atoms. The van der Waals surface area contributed by atoms with Crippen molar-refractivity contribution in [2.75, 3.05) is 18.1 Å². The molecule has 0 aliphatic carbocycles. The maximum atomic E-state index is 13.2. The molecular formula is C14H13BrFNO3S. The molecule has 0 aromatic heterocycles. The lowest BCUT2D eigenvalue weighted by atomic mass is 10.3. The predicted molar refractivity (Wildman–Crippen MR) is 82.5 cm³/mol. The number of anilines is 1. The molecule has 112 valence electrons. The molecule has 0 amide bonds. The quantitative estimate of drug-likeness (QED) is 0.817. The molecular weight excluding hydrogens is 361 g/mol. The van der Waals surface area contributed by atoms with E-state index in [4.69, 9.17) is 10.5 Å². The molecule has 7 heteroatoms. The smallest absolute Gasteiger partial charge is 0.181 e. The van der Waals surface area contributed by atoms with Crippen molar-refractivity contribution in [3.8, 4) is 5.75 Å². The van der Waals surface area contributed by atoms with Gasteiger partial charge in [-0.05, 0) is 42.5 Å². The fraction of sp³-hybridized carbons (Fsp3) is 0.143. The number of nitrogens with two attached hydrogens (primary N) is 1. The highest BCUT2D eigenvalue weighted by molar-refractivity contribution is 9.10. The third-order valence-electron chi connectivity index (χ3n) is 2.69. The van der Waals surface area contributed by atoms with Gasteiger partial charge in [0, 0.05) is 10.2 Å². The maximum absolute atomic E-state index is 13.2. The summed E-state index contributed by atoms with van der Waals surface area (Å²) in [4.78, 5) is -0.139. The zero-order valence-electron chi connectivity index (χ0n) is 10.9. The van der Waals surface area contributed by atoms with Gasteiger partial charge < -0.3 is 10.5 Å². The molecule has 2 aromatic carbocycles. The summed E-state index contributed by atoms with van der Waals surface area (Å²) in [5.74, 6) is -0.374. The van der Waals surface area contributed by atoms with E-state index in [9.17, 15) is 12.8 Å². The van der Waals surface area contributed by atoms with Crippen molar-refractivity contribution in [3.63, 3.8) is 0 Å². The van der Waals surface area contributed by atoms with Gasteiger partial charge in [-0.15, -0.1) is 0 Å². The number of rotatable bonds is 5. The van der Waals surface area contributed by atoms with Gasteiger partial charge in [0.05, 0.1) is 10.6 Å². The molecule has 0 fully saturated rings. The van der Waals surface area contributed by atoms with Gasteiger partial charge >= 0.3 is 0 Å². The molecule has 0 unspecified atom stereocenters. The van der Waals surface area contributed by atoms with Crippen molar-refractivity contribution < 1.29 is 17.5 Å². The summed E-state index contributed by atoms with van der Waals surface area (Å²) < 4.78 is 43.6. The minimum absolute atomic E-state index is 0.0274. The number of sulfone groups is 1. The van der Waals surface area contributed by atoms with Crippen LogP contribution >= 0.6 is 15.9 Å². The average Bonchev–Trinajstić information content (AvgIpc) is 2.40. The van der Waals surface area contributed by atoms with E-state index in [0.717, 1.165) is 16.6 Å². The first-order chi connectivity index (χ1) is 9.87. The number of halogens is 2. The van der Waals surface area contributed by atoms with Crippen LogP contribution in [0.5, 0.6) is 5.75 Å². The summed E-state index contributed by atoms with van der Waals surface area (Å²) >= 11 is 3.29. The van der Waals surface area contributed by atoms with E-state index in [1.807, 2.05) is 0 Å². The highest BCUT2D eigenvalue weighted by atomic mass is 79.9. The molecule has 0 aliphatic rings. The second-order valence-corrected chi connectivity index (χ2v) is 7.37. The lowest BCUT2D eigenvalue weighted by Crippen LogP contribution is -2.14. The van der Waals surface area contributed by atoms with Crippen LogP contribution in [-0.2, 0) is 9.84 Å². The molecule has 0 radical (unpaired) electrons. The Morgan fingerprint density at radius 1 is 1.14 bits per heavy atom. The van der Waals surface area contributed by atoms with Gasteiger partial charge in [-0.1, -0.05) is 15.9 Å². The largest absolute Gasteiger partial charge is 0.493 e. The van der Waals surface area contributed by atoms with Crippen molar-refractivity contribution >= 4 is 31.5 Å². The number of hydrogen-bond acceptors (Lipinski definition) is 4. The number of ether oxygens (including phenoxy) is 1. The lowest BCUT2D eigenvalue weighted by Gasteiger charge is -2.08. The van der Waals surface area contributed by atoms with Gasteiger partial charge in [0.2, 0.25) is 0 Å². The van der Waals surface area contributed by atoms with E-state index in [2.05, 4.69) is 15.9 Å². The normalized spacial score (nSPS) is 11.3. The average molecular weight is 374 g/mol. The van der Waals surface area contributed by atoms with Crippen LogP contribution < -0.4 is 10.5 Å². The van der Waals surface area contributed by atoms with Crippen LogP contribution in [0.1, 0.15) is 0 Å². The van der Waals surface area contributed by atoms with E-state index in [1.54, 1.807) is 24.3 Å². The van der Waals surface area contributed by atoms with E-state index >= 15 is 0 Å². The molecule has 0 saturated carbocycles. The summed E-state index contributed by atoms with van der Waals surface area (Å²) in [6.07, 6.45) is 0. The van der Waals surface area contributed by atoms with Gasteiger partial charge in [-0.3, -0.25) is 0 Å². The van der Waals surface area contributed by atoms with Crippen LogP contribution in [0.15, 0.2) is 51.8 Å². The summed E-state index contributed by atoms with van der Waals surface area (Å²) in [6, 6.07) is 10.3. The second kappa shape index (κ2) is 6.44. The summed E-state index contributed by atoms with van der Waals surface area (Å²) in [6.45, 7) is -0.0274. The third-order valence-corrected chi connectivity index (χ3v) is 4.87. The Balaban J connectivity index is 2.02. The Morgan fingerprint density at radius 3 is 2.43 bits per heavy atom. The van der Waals surface area contributed by atoms with Crippen molar-refractivity contribution in [3.05, 3.63) is 52.8 Å². The minimum Gasteiger partial charge on any atom is -0.493 e. The first-order valence-electron chi connectivity index (χ1n) is 6.04. The van der Waals surface area contributed by atoms with E-state index in [-0.39, 0.29) is 22.9 Å². The summed E-state index contributed by atoms with van der Waals surface area (Å²) in [5, 5.41) is 0. The van der Waals surface area contributed by atoms with Gasteiger partial charge in [0.25, 0.3) is 0 Å². The molecule has 2 aromatic rings. The summed E-state index contributed by atoms with van der Waals surface area (Å²) in [5.41, 5.74) is 5.52. The molecule has 0 saturated heterocycles. The molecule has 2 rings (SSSR count). The molecule has 21 heavy (non-hydrogen) atoms. The highest BCUT2D eigenvalue weighted by Crippen LogP contribution is 2.19. The Labute approximate surface area is 130 Å². The van der Waals surface area contributed by atoms with Gasteiger partial charge in [-0.2, -0.15) is 0 Å². The van der Waals surface area contributed by atoms with E-state index < -0.39 is 15.7 Å². The first kappa shape index (κ1) is 15.8. The number of benzene rings is 2. The molecule has 4 nitrogen and oxygen atoms in total. The standard InChI is InChI=1S/C14H13BrFNO3S/c15-10-1-3-13(4-2-10)20-5-6-21(18,19)14-8-11(16)7-12(17)9-14/h1-4,7-9H,5-6,17H2. The van der Waals surface area contributed by atoms with Gasteiger partial charge in [0.1, 0.15) is 18.2 Å². The van der Waals surface area contributed by atoms with Gasteiger partial charge in [0.15, 0.2) is 9.84 Å². The molecule has 0 heterocycles. The zero-order valence-corrected chi connectivity index (χ0v) is 13.3. The van der Waals surface area contributed by atoms with E-state index in [1.165, 1.54) is 6.07 Å². The Kier molecular flexibility index (Phi) is 4.84. The van der Waals surface area contributed by atoms with Crippen molar-refractivity contribution in [1.82, 2.24) is 0 Å². The van der Waals surface area contributed by atoms with Crippen molar-refractivity contribution in [2.24, 2.45) is 0 Å². The zero-order chi connectivity index (χ0) is 15.5. The van der Waals surface area contributed by atoms with Crippen LogP contribution in [0.2, 0.25) is 0 Å². The fourth-order valence-corrected chi connectivity index (χ4v) is 3.09. The predicted octanol–water partition coefficient (Wildman–Crippen LogP) is 3.02. The van der Waals surface area contributed by atoms with Crippen molar-refractivity contribution in [2.45, 2.75) is 4.90 Å². The van der Waals surface area contributed by atoms with Crippen LogP contribution in [0, 0.1) is 5.82 Å². The van der Waals surface area contributed by atoms with Crippen molar-refractivity contribution in [1.29, 1.82) is 0 Å². The second-order valence-electron chi connectivity index (χ2n) is 4.34. The fourth-order valence-electron chi connectivity index (χ4n) is 1.68. The first-order valence-corrected chi connectivity index (χ1v) is 8.48. The lowest BCUT2D eigenvalue weighted by molar-refractivity contribution is 0.341. The molecule has 0 bridgehead atoms. The molecule has 0 atom stereocenters. The molecule has 0 aliphatic heterocycles. The molecule has 2 N–H and O–H groups in total. The maximum Gasteiger partial charge on any atom is 0.181 e. The number of hydrogen-bond donors (Lipinski definition) is 1. The monoisotopic (exact) mass is 373 g/mol. The third kappa shape index (κ3) is 4.44. The van der Waals surface area contributed by atoms with E-state index in [0.29, 0.717) is 5.75 Å². The minimum atomic E-state index is -3.64. The number of nitrogen functional groups attached to an aromatic ring is 1. The van der Waals surface area contributed by atoms with Crippen LogP contribution in [0.4, 0.5) is 10.1 Å². The van der Waals surface area contributed by atoms with Gasteiger partial charge in [-0.25, -0.2) is 12.8 Å². The highest BCUT2D eigenvalue weighted by Gasteiger charge is 2.16.